The molecule has 2 rings (SSSR count). The second-order valence-corrected chi connectivity index (χ2v) is 9.34. The normalized spacial score (nSPS) is 23.1. The lowest BCUT2D eigenvalue weighted by atomic mass is 10.00. The fraction of sp³-hybridized carbons (Fsp3) is 0.579. The van der Waals surface area contributed by atoms with Crippen molar-refractivity contribution in [2.45, 2.75) is 68.8 Å². The van der Waals surface area contributed by atoms with E-state index >= 15 is 0 Å². The van der Waals surface area contributed by atoms with Gasteiger partial charge in [-0.05, 0) is 40.2 Å². The van der Waals surface area contributed by atoms with Gasteiger partial charge >= 0.3 is 12.1 Å². The largest absolute Gasteiger partial charge is 0.460 e. The van der Waals surface area contributed by atoms with E-state index in [4.69, 9.17) is 9.47 Å². The van der Waals surface area contributed by atoms with Crippen LogP contribution in [0.5, 0.6) is 0 Å². The van der Waals surface area contributed by atoms with Gasteiger partial charge < -0.3 is 9.47 Å². The van der Waals surface area contributed by atoms with Crippen molar-refractivity contribution < 1.29 is 19.1 Å². The third-order valence-electron chi connectivity index (χ3n) is 4.13. The zero-order valence-electron chi connectivity index (χ0n) is 15.4. The molecule has 0 aliphatic carbocycles. The number of esters is 1. The average Bonchev–Trinajstić information content (AvgIpc) is 2.82. The molecular formula is C19H26INO4. The number of carbonyl (C=O) groups excluding carboxylic acids is 2. The van der Waals surface area contributed by atoms with Crippen LogP contribution >= 0.6 is 22.6 Å². The standard InChI is InChI=1S/C19H26INO4/c1-12(20)17-15(11-16(22)25-19(3,4)5)21(18(23)24-17)13(2)14-9-7-6-8-10-14/h6-10,12-13,15,17H,11H2,1-5H3/t12-,13-,15+,17-/m1/s1. The Morgan fingerprint density at radius 1 is 1.28 bits per heavy atom. The molecule has 5 nitrogen and oxygen atoms in total. The van der Waals surface area contributed by atoms with Gasteiger partial charge in [-0.1, -0.05) is 52.9 Å². The first kappa shape index (κ1) is 20.0. The molecular weight excluding hydrogens is 433 g/mol. The molecule has 0 unspecified atom stereocenters. The molecule has 0 aromatic heterocycles. The number of cyclic esters (lactones) is 1. The molecule has 4 atom stereocenters. The number of amides is 1. The summed E-state index contributed by atoms with van der Waals surface area (Å²) in [5.74, 6) is -0.317. The first-order valence-corrected chi connectivity index (χ1v) is 9.74. The van der Waals surface area contributed by atoms with Gasteiger partial charge in [0.25, 0.3) is 0 Å². The average molecular weight is 459 g/mol. The highest BCUT2D eigenvalue weighted by molar-refractivity contribution is 14.1. The topological polar surface area (TPSA) is 55.8 Å². The third-order valence-corrected chi connectivity index (χ3v) is 4.84. The molecule has 6 heteroatoms. The van der Waals surface area contributed by atoms with Gasteiger partial charge in [0.2, 0.25) is 0 Å². The molecule has 1 aliphatic rings. The highest BCUT2D eigenvalue weighted by Crippen LogP contribution is 2.35. The lowest BCUT2D eigenvalue weighted by Gasteiger charge is -2.31. The quantitative estimate of drug-likeness (QED) is 0.370. The van der Waals surface area contributed by atoms with Crippen LogP contribution in [0.4, 0.5) is 4.79 Å². The summed E-state index contributed by atoms with van der Waals surface area (Å²) in [6.07, 6.45) is -0.594. The summed E-state index contributed by atoms with van der Waals surface area (Å²) in [7, 11) is 0. The summed E-state index contributed by atoms with van der Waals surface area (Å²) >= 11 is 2.24. The maximum absolute atomic E-state index is 12.5. The van der Waals surface area contributed by atoms with Crippen molar-refractivity contribution in [3.63, 3.8) is 0 Å². The lowest BCUT2D eigenvalue weighted by Crippen LogP contribution is -2.43. The zero-order valence-corrected chi connectivity index (χ0v) is 17.5. The maximum Gasteiger partial charge on any atom is 0.411 e. The van der Waals surface area contributed by atoms with E-state index < -0.39 is 5.60 Å². The van der Waals surface area contributed by atoms with Crippen molar-refractivity contribution in [2.24, 2.45) is 0 Å². The monoisotopic (exact) mass is 459 g/mol. The Kier molecular flexibility index (Phi) is 6.35. The van der Waals surface area contributed by atoms with Crippen LogP contribution in [0.3, 0.4) is 0 Å². The van der Waals surface area contributed by atoms with E-state index in [1.54, 1.807) is 4.90 Å². The van der Waals surface area contributed by atoms with Crippen LogP contribution in [0.15, 0.2) is 30.3 Å². The van der Waals surface area contributed by atoms with E-state index in [9.17, 15) is 9.59 Å². The minimum atomic E-state index is -0.554. The van der Waals surface area contributed by atoms with Crippen molar-refractivity contribution in [2.75, 3.05) is 0 Å². The van der Waals surface area contributed by atoms with Gasteiger partial charge in [0, 0.05) is 3.92 Å². The first-order valence-electron chi connectivity index (χ1n) is 8.50. The van der Waals surface area contributed by atoms with Gasteiger partial charge in [0.15, 0.2) is 0 Å². The molecule has 0 spiro atoms. The van der Waals surface area contributed by atoms with Gasteiger partial charge in [-0.2, -0.15) is 0 Å². The number of hydrogen-bond donors (Lipinski definition) is 0. The molecule has 0 saturated carbocycles. The van der Waals surface area contributed by atoms with E-state index in [1.165, 1.54) is 0 Å². The lowest BCUT2D eigenvalue weighted by molar-refractivity contribution is -0.156. The minimum Gasteiger partial charge on any atom is -0.460 e. The van der Waals surface area contributed by atoms with Crippen molar-refractivity contribution >= 4 is 34.7 Å². The van der Waals surface area contributed by atoms with Crippen LogP contribution in [0.1, 0.15) is 52.6 Å². The Hall–Kier alpha value is -1.31. The smallest absolute Gasteiger partial charge is 0.411 e. The van der Waals surface area contributed by atoms with E-state index in [1.807, 2.05) is 65.0 Å². The van der Waals surface area contributed by atoms with Crippen LogP contribution in [0.2, 0.25) is 0 Å². The van der Waals surface area contributed by atoms with Gasteiger partial charge in [-0.15, -0.1) is 0 Å². The number of carbonyl (C=O) groups is 2. The van der Waals surface area contributed by atoms with Gasteiger partial charge in [0.05, 0.1) is 18.5 Å². The highest BCUT2D eigenvalue weighted by Gasteiger charge is 2.47. The molecule has 25 heavy (non-hydrogen) atoms. The summed E-state index contributed by atoms with van der Waals surface area (Å²) in [6, 6.07) is 9.24. The van der Waals surface area contributed by atoms with Crippen molar-refractivity contribution in [3.8, 4) is 0 Å². The Bertz CT molecular complexity index is 612. The molecule has 1 heterocycles. The summed E-state index contributed by atoms with van der Waals surface area (Å²) in [4.78, 5) is 26.6. The first-order chi connectivity index (χ1) is 11.6. The van der Waals surface area contributed by atoms with Crippen LogP contribution < -0.4 is 0 Å². The van der Waals surface area contributed by atoms with Gasteiger partial charge in [-0.25, -0.2) is 4.79 Å². The van der Waals surface area contributed by atoms with Crippen molar-refractivity contribution in [1.29, 1.82) is 0 Å². The number of halogens is 1. The molecule has 1 amide bonds. The molecule has 0 radical (unpaired) electrons. The Morgan fingerprint density at radius 3 is 2.40 bits per heavy atom. The van der Waals surface area contributed by atoms with E-state index in [0.29, 0.717) is 0 Å². The Morgan fingerprint density at radius 2 is 1.88 bits per heavy atom. The summed E-state index contributed by atoms with van der Waals surface area (Å²) in [6.45, 7) is 9.45. The number of ether oxygens (including phenoxy) is 2. The number of alkyl halides is 1. The van der Waals surface area contributed by atoms with Crippen LogP contribution in [0, 0.1) is 0 Å². The van der Waals surface area contributed by atoms with E-state index in [-0.39, 0.29) is 40.6 Å². The SMILES string of the molecule is C[C@H](c1ccccc1)N1C(=O)O[C@H]([C@@H](C)I)[C@@H]1CC(=O)OC(C)(C)C. The van der Waals surface area contributed by atoms with Crippen LogP contribution in [-0.2, 0) is 14.3 Å². The number of benzene rings is 1. The molecule has 0 N–H and O–H groups in total. The summed E-state index contributed by atoms with van der Waals surface area (Å²) in [5.41, 5.74) is 0.456. The van der Waals surface area contributed by atoms with Crippen LogP contribution in [0.25, 0.3) is 0 Å². The maximum atomic E-state index is 12.5. The zero-order chi connectivity index (χ0) is 18.8. The fourth-order valence-corrected chi connectivity index (χ4v) is 3.68. The molecule has 1 aromatic carbocycles. The highest BCUT2D eigenvalue weighted by atomic mass is 127. The number of nitrogens with zero attached hydrogens (tertiary/aromatic N) is 1. The molecule has 0 bridgehead atoms. The predicted octanol–water partition coefficient (Wildman–Crippen LogP) is 4.49. The second-order valence-electron chi connectivity index (χ2n) is 7.38. The summed E-state index contributed by atoms with van der Waals surface area (Å²) < 4.78 is 11.1. The second kappa shape index (κ2) is 7.93. The number of rotatable bonds is 5. The predicted molar refractivity (Wildman–Crippen MR) is 105 cm³/mol. The number of hydrogen-bond acceptors (Lipinski definition) is 4. The molecule has 138 valence electrons. The van der Waals surface area contributed by atoms with Crippen molar-refractivity contribution in [1.82, 2.24) is 4.90 Å². The molecule has 1 aliphatic heterocycles. The Balaban J connectivity index is 2.25. The Labute approximate surface area is 163 Å². The molecule has 1 fully saturated rings. The molecule has 1 saturated heterocycles. The molecule has 1 aromatic rings. The fourth-order valence-electron chi connectivity index (χ4n) is 3.06. The van der Waals surface area contributed by atoms with E-state index in [2.05, 4.69) is 22.6 Å². The third kappa shape index (κ3) is 5.09. The van der Waals surface area contributed by atoms with Crippen molar-refractivity contribution in [3.05, 3.63) is 35.9 Å². The van der Waals surface area contributed by atoms with Gasteiger partial charge in [-0.3, -0.25) is 9.69 Å². The minimum absolute atomic E-state index is 0.0851. The van der Waals surface area contributed by atoms with Crippen LogP contribution in [-0.4, -0.2) is 38.6 Å². The summed E-state index contributed by atoms with van der Waals surface area (Å²) in [5, 5.41) is 0. The van der Waals surface area contributed by atoms with E-state index in [0.717, 1.165) is 5.56 Å². The van der Waals surface area contributed by atoms with Gasteiger partial charge in [0.1, 0.15) is 11.7 Å².